The molecule has 3 rings (SSSR count). The first-order chi connectivity index (χ1) is 14.2. The maximum absolute atomic E-state index is 13.6. The fourth-order valence-electron chi connectivity index (χ4n) is 3.26. The maximum Gasteiger partial charge on any atom is 0.409 e. The molecule has 0 saturated heterocycles. The SMILES string of the molecule is CC(C)(C)c1nc2cc(S(=O)(=O)c3cc[n+](O)c(F)c3)ccc2n1CCCC(F)(F)F. The van der Waals surface area contributed by atoms with Crippen LogP contribution < -0.4 is 4.73 Å². The van der Waals surface area contributed by atoms with Crippen molar-refractivity contribution in [3.8, 4) is 0 Å². The summed E-state index contributed by atoms with van der Waals surface area (Å²) >= 11 is 0. The Bertz CT molecular complexity index is 1230. The minimum Gasteiger partial charge on any atom is -0.328 e. The summed E-state index contributed by atoms with van der Waals surface area (Å²) in [5, 5.41) is 9.22. The lowest BCUT2D eigenvalue weighted by Gasteiger charge is -2.20. The second kappa shape index (κ2) is 7.77. The lowest BCUT2D eigenvalue weighted by atomic mass is 9.95. The number of halogens is 4. The van der Waals surface area contributed by atoms with Crippen LogP contribution in [0, 0.1) is 5.95 Å². The van der Waals surface area contributed by atoms with Crippen LogP contribution in [0.5, 0.6) is 0 Å². The highest BCUT2D eigenvalue weighted by Crippen LogP contribution is 2.31. The van der Waals surface area contributed by atoms with Crippen LogP contribution in [0.4, 0.5) is 17.6 Å². The molecule has 0 unspecified atom stereocenters. The van der Waals surface area contributed by atoms with Gasteiger partial charge in [-0.1, -0.05) is 20.8 Å². The van der Waals surface area contributed by atoms with Gasteiger partial charge in [-0.3, -0.25) is 5.21 Å². The number of alkyl halides is 3. The summed E-state index contributed by atoms with van der Waals surface area (Å²) < 4.78 is 79.0. The molecular weight excluding hydrogens is 438 g/mol. The third-order valence-corrected chi connectivity index (χ3v) is 6.46. The van der Waals surface area contributed by atoms with Crippen LogP contribution in [0.3, 0.4) is 0 Å². The van der Waals surface area contributed by atoms with Crippen molar-refractivity contribution < 1.29 is 35.9 Å². The van der Waals surface area contributed by atoms with E-state index in [2.05, 4.69) is 4.98 Å². The molecule has 0 saturated carbocycles. The van der Waals surface area contributed by atoms with Gasteiger partial charge in [0.1, 0.15) is 5.82 Å². The van der Waals surface area contributed by atoms with Crippen LogP contribution in [0.2, 0.25) is 0 Å². The van der Waals surface area contributed by atoms with E-state index >= 15 is 0 Å². The first-order valence-electron chi connectivity index (χ1n) is 9.43. The van der Waals surface area contributed by atoms with Gasteiger partial charge in [-0.05, 0) is 24.6 Å². The zero-order chi connectivity index (χ0) is 23.2. The number of aromatic nitrogens is 3. The summed E-state index contributed by atoms with van der Waals surface area (Å²) in [6.45, 7) is 5.67. The number of hydrogen-bond donors (Lipinski definition) is 1. The molecule has 0 aliphatic rings. The first kappa shape index (κ1) is 23.0. The van der Waals surface area contributed by atoms with E-state index in [0.717, 1.165) is 12.3 Å². The number of aryl methyl sites for hydroxylation is 1. The topological polar surface area (TPSA) is 76.1 Å². The van der Waals surface area contributed by atoms with Crippen molar-refractivity contribution in [1.29, 1.82) is 0 Å². The fourth-order valence-corrected chi connectivity index (χ4v) is 4.54. The third-order valence-electron chi connectivity index (χ3n) is 4.71. The Morgan fingerprint density at radius 3 is 2.32 bits per heavy atom. The van der Waals surface area contributed by atoms with Crippen LogP contribution in [0.15, 0.2) is 46.3 Å². The summed E-state index contributed by atoms with van der Waals surface area (Å²) in [7, 11) is -4.11. The van der Waals surface area contributed by atoms with Gasteiger partial charge in [0.25, 0.3) is 0 Å². The molecule has 0 radical (unpaired) electrons. The smallest absolute Gasteiger partial charge is 0.328 e. The van der Waals surface area contributed by atoms with E-state index < -0.39 is 33.8 Å². The van der Waals surface area contributed by atoms with Gasteiger partial charge < -0.3 is 4.57 Å². The van der Waals surface area contributed by atoms with E-state index in [9.17, 15) is 31.2 Å². The monoisotopic (exact) mass is 460 g/mol. The van der Waals surface area contributed by atoms with Gasteiger partial charge in [0.05, 0.1) is 26.9 Å². The van der Waals surface area contributed by atoms with E-state index in [-0.39, 0.29) is 27.5 Å². The van der Waals surface area contributed by atoms with Crippen molar-refractivity contribution in [3.05, 3.63) is 48.3 Å². The third kappa shape index (κ3) is 4.81. The molecule has 0 atom stereocenters. The predicted octanol–water partition coefficient (Wildman–Crippen LogP) is 4.17. The molecule has 1 N–H and O–H groups in total. The average molecular weight is 460 g/mol. The van der Waals surface area contributed by atoms with Gasteiger partial charge in [0.2, 0.25) is 16.0 Å². The summed E-state index contributed by atoms with van der Waals surface area (Å²) in [4.78, 5) is 4.00. The van der Waals surface area contributed by atoms with Crippen molar-refractivity contribution in [2.24, 2.45) is 0 Å². The molecule has 3 aromatic rings. The minimum atomic E-state index is -4.27. The number of pyridine rings is 1. The van der Waals surface area contributed by atoms with Gasteiger partial charge >= 0.3 is 12.1 Å². The second-order valence-corrected chi connectivity index (χ2v) is 10.2. The summed E-state index contributed by atoms with van der Waals surface area (Å²) in [6.07, 6.45) is -4.47. The zero-order valence-corrected chi connectivity index (χ0v) is 17.9. The fraction of sp³-hybridized carbons (Fsp3) is 0.400. The van der Waals surface area contributed by atoms with Gasteiger partial charge in [0.15, 0.2) is 0 Å². The van der Waals surface area contributed by atoms with Crippen LogP contribution >= 0.6 is 0 Å². The molecule has 31 heavy (non-hydrogen) atoms. The molecule has 2 aromatic heterocycles. The van der Waals surface area contributed by atoms with Gasteiger partial charge in [-0.15, -0.1) is 4.39 Å². The Morgan fingerprint density at radius 2 is 1.74 bits per heavy atom. The van der Waals surface area contributed by atoms with Gasteiger partial charge in [0, 0.05) is 29.2 Å². The molecule has 0 spiro atoms. The van der Waals surface area contributed by atoms with Gasteiger partial charge in [-0.2, -0.15) is 13.2 Å². The van der Waals surface area contributed by atoms with Crippen LogP contribution in [-0.4, -0.2) is 29.4 Å². The standard InChI is InChI=1S/C20H22F4N3O3S/c1-19(2,3)18-25-15-11-13(31(29,30)14-7-10-27(28)17(21)12-14)5-6-16(15)26(18)9-4-8-20(22,23)24/h5-7,10-12,28H,4,8-9H2,1-3H3/q+1. The minimum absolute atomic E-state index is 0.0785. The predicted molar refractivity (Wildman–Crippen MR) is 103 cm³/mol. The number of benzene rings is 1. The van der Waals surface area contributed by atoms with Crippen molar-refractivity contribution in [2.45, 2.75) is 61.5 Å². The highest BCUT2D eigenvalue weighted by molar-refractivity contribution is 7.91. The Kier molecular flexibility index (Phi) is 5.76. The van der Waals surface area contributed by atoms with Crippen molar-refractivity contribution in [2.75, 3.05) is 0 Å². The highest BCUT2D eigenvalue weighted by atomic mass is 32.2. The molecule has 0 aliphatic heterocycles. The molecule has 0 bridgehead atoms. The molecular formula is C20H22F4N3O3S+. The first-order valence-corrected chi connectivity index (χ1v) is 10.9. The maximum atomic E-state index is 13.6. The molecule has 2 heterocycles. The quantitative estimate of drug-likeness (QED) is 0.268. The second-order valence-electron chi connectivity index (χ2n) is 8.24. The molecule has 1 aromatic carbocycles. The largest absolute Gasteiger partial charge is 0.409 e. The summed E-state index contributed by atoms with van der Waals surface area (Å²) in [5.41, 5.74) is 0.332. The normalized spacial score (nSPS) is 13.1. The molecule has 0 fully saturated rings. The number of rotatable bonds is 5. The van der Waals surface area contributed by atoms with Gasteiger partial charge in [-0.25, -0.2) is 13.4 Å². The molecule has 11 heteroatoms. The van der Waals surface area contributed by atoms with Crippen LogP contribution in [0.1, 0.15) is 39.4 Å². The van der Waals surface area contributed by atoms with Crippen molar-refractivity contribution in [3.63, 3.8) is 0 Å². The number of fused-ring (bicyclic) bond motifs is 1. The zero-order valence-electron chi connectivity index (χ0n) is 17.1. The Morgan fingerprint density at radius 1 is 1.10 bits per heavy atom. The number of sulfone groups is 1. The highest BCUT2D eigenvalue weighted by Gasteiger charge is 2.29. The number of nitrogens with zero attached hydrogens (tertiary/aromatic N) is 3. The Labute approximate surface area is 176 Å². The molecule has 6 nitrogen and oxygen atoms in total. The van der Waals surface area contributed by atoms with Crippen molar-refractivity contribution >= 4 is 20.9 Å². The summed E-state index contributed by atoms with van der Waals surface area (Å²) in [6, 6.07) is 5.86. The Hall–Kier alpha value is -2.69. The molecule has 168 valence electrons. The lowest BCUT2D eigenvalue weighted by Crippen LogP contribution is -2.34. The lowest BCUT2D eigenvalue weighted by molar-refractivity contribution is -0.924. The van der Waals surface area contributed by atoms with E-state index in [1.54, 1.807) is 4.57 Å². The molecule has 0 amide bonds. The van der Waals surface area contributed by atoms with Crippen LogP contribution in [0.25, 0.3) is 11.0 Å². The summed E-state index contributed by atoms with van der Waals surface area (Å²) in [5.74, 6) is -0.614. The van der Waals surface area contributed by atoms with Crippen LogP contribution in [-0.2, 0) is 21.8 Å². The number of hydrogen-bond acceptors (Lipinski definition) is 4. The Balaban J connectivity index is 2.07. The average Bonchev–Trinajstić information content (AvgIpc) is 3.01. The number of imidazole rings is 1. The van der Waals surface area contributed by atoms with E-state index in [4.69, 9.17) is 0 Å². The molecule has 0 aliphatic carbocycles. The van der Waals surface area contributed by atoms with E-state index in [1.807, 2.05) is 20.8 Å². The van der Waals surface area contributed by atoms with E-state index in [1.165, 1.54) is 18.2 Å². The van der Waals surface area contributed by atoms with E-state index in [0.29, 0.717) is 22.9 Å². The van der Waals surface area contributed by atoms with Crippen molar-refractivity contribution in [1.82, 2.24) is 9.55 Å².